The van der Waals surface area contributed by atoms with Gasteiger partial charge in [-0.15, -0.1) is 12.4 Å². The smallest absolute Gasteiger partial charge is 0.166 e. The minimum absolute atomic E-state index is 0. The van der Waals surface area contributed by atoms with Crippen LogP contribution in [0.4, 0.5) is 0 Å². The fraction of sp³-hybridized carbons (Fsp3) is 0.458. The van der Waals surface area contributed by atoms with Gasteiger partial charge in [-0.25, -0.2) is 0 Å². The molecule has 0 aromatic heterocycles. The van der Waals surface area contributed by atoms with Crippen molar-refractivity contribution in [3.05, 3.63) is 59.2 Å². The molecule has 1 aliphatic carbocycles. The van der Waals surface area contributed by atoms with Crippen LogP contribution in [0.3, 0.4) is 0 Å². The predicted molar refractivity (Wildman–Crippen MR) is 117 cm³/mol. The lowest BCUT2D eigenvalue weighted by atomic mass is 9.79. The van der Waals surface area contributed by atoms with Crippen molar-refractivity contribution in [3.8, 4) is 11.5 Å². The average Bonchev–Trinajstić information content (AvgIpc) is 3.05. The summed E-state index contributed by atoms with van der Waals surface area (Å²) in [6.45, 7) is 4.34. The number of benzene rings is 2. The number of nitrogens with zero attached hydrogens (tertiary/aromatic N) is 1. The molecule has 0 bridgehead atoms. The lowest BCUT2D eigenvalue weighted by Gasteiger charge is -2.39. The molecule has 1 fully saturated rings. The van der Waals surface area contributed by atoms with Crippen LogP contribution in [0.25, 0.3) is 0 Å². The summed E-state index contributed by atoms with van der Waals surface area (Å²) in [5, 5.41) is 0. The molecule has 0 amide bonds. The summed E-state index contributed by atoms with van der Waals surface area (Å²) in [6, 6.07) is 15.0. The highest BCUT2D eigenvalue weighted by Crippen LogP contribution is 2.42. The number of carbonyl (C=O) groups excluding carboxylic acids is 1. The van der Waals surface area contributed by atoms with Crippen molar-refractivity contribution in [1.82, 2.24) is 4.90 Å². The van der Waals surface area contributed by atoms with Crippen molar-refractivity contribution in [2.24, 2.45) is 11.8 Å². The summed E-state index contributed by atoms with van der Waals surface area (Å²) in [5.41, 5.74) is 3.28. The second-order valence-electron chi connectivity index (χ2n) is 8.13. The first-order valence-electron chi connectivity index (χ1n) is 10.2. The van der Waals surface area contributed by atoms with Gasteiger partial charge in [0.25, 0.3) is 0 Å². The molecule has 29 heavy (non-hydrogen) atoms. The number of piperidine rings is 1. The van der Waals surface area contributed by atoms with Gasteiger partial charge in [0, 0.05) is 24.1 Å². The average molecular weight is 416 g/mol. The molecular formula is C24H30ClNO3. The molecular weight excluding hydrogens is 386 g/mol. The Morgan fingerprint density at radius 3 is 2.41 bits per heavy atom. The van der Waals surface area contributed by atoms with Gasteiger partial charge in [0.05, 0.1) is 14.2 Å². The van der Waals surface area contributed by atoms with Crippen LogP contribution in [0.1, 0.15) is 41.3 Å². The summed E-state index contributed by atoms with van der Waals surface area (Å²) < 4.78 is 10.8. The topological polar surface area (TPSA) is 38.8 Å². The Kier molecular flexibility index (Phi) is 6.86. The number of hydrogen-bond acceptors (Lipinski definition) is 4. The molecule has 5 heteroatoms. The van der Waals surface area contributed by atoms with E-state index in [0.29, 0.717) is 23.5 Å². The largest absolute Gasteiger partial charge is 0.493 e. The number of likely N-dealkylation sites (tertiary alicyclic amines) is 1. The van der Waals surface area contributed by atoms with Crippen molar-refractivity contribution < 1.29 is 14.3 Å². The van der Waals surface area contributed by atoms with Gasteiger partial charge < -0.3 is 9.47 Å². The van der Waals surface area contributed by atoms with Crippen molar-refractivity contribution in [2.75, 3.05) is 20.8 Å². The third-order valence-electron chi connectivity index (χ3n) is 6.50. The second-order valence-corrected chi connectivity index (χ2v) is 8.13. The molecule has 1 aliphatic heterocycles. The van der Waals surface area contributed by atoms with Gasteiger partial charge >= 0.3 is 0 Å². The quantitative estimate of drug-likeness (QED) is 0.704. The first-order chi connectivity index (χ1) is 13.6. The molecule has 0 saturated carbocycles. The summed E-state index contributed by atoms with van der Waals surface area (Å²) >= 11 is 0. The lowest BCUT2D eigenvalue weighted by Crippen LogP contribution is -2.42. The van der Waals surface area contributed by atoms with Crippen molar-refractivity contribution in [1.29, 1.82) is 0 Å². The second kappa shape index (κ2) is 9.19. The number of Topliss-reactive ketones (excluding diaryl/α,β-unsaturated/α-hetero) is 1. The van der Waals surface area contributed by atoms with E-state index in [1.165, 1.54) is 5.56 Å². The molecule has 0 radical (unpaired) electrons. The van der Waals surface area contributed by atoms with E-state index in [9.17, 15) is 4.79 Å². The minimum atomic E-state index is 0. The van der Waals surface area contributed by atoms with Crippen LogP contribution < -0.4 is 9.47 Å². The number of fused-ring (bicyclic) bond motifs is 1. The SMILES string of the molecule is COc1cc2c(cc1OC)C(=O)C(C1CCN(Cc3ccccc3)C(C)C1)C2.Cl. The first-order valence-corrected chi connectivity index (χ1v) is 10.2. The fourth-order valence-electron chi connectivity index (χ4n) is 4.90. The number of rotatable bonds is 5. The number of methoxy groups -OCH3 is 2. The highest BCUT2D eigenvalue weighted by Gasteiger charge is 2.40. The molecule has 3 unspecified atom stereocenters. The van der Waals surface area contributed by atoms with Crippen LogP contribution in [-0.4, -0.2) is 37.5 Å². The van der Waals surface area contributed by atoms with Crippen LogP contribution in [0.2, 0.25) is 0 Å². The van der Waals surface area contributed by atoms with Gasteiger partial charge in [-0.3, -0.25) is 9.69 Å². The summed E-state index contributed by atoms with van der Waals surface area (Å²) in [5.74, 6) is 2.17. The van der Waals surface area contributed by atoms with E-state index < -0.39 is 0 Å². The Balaban J connectivity index is 0.00000240. The highest BCUT2D eigenvalue weighted by molar-refractivity contribution is 6.03. The van der Waals surface area contributed by atoms with E-state index >= 15 is 0 Å². The maximum Gasteiger partial charge on any atom is 0.166 e. The van der Waals surface area contributed by atoms with E-state index in [2.05, 4.69) is 42.2 Å². The van der Waals surface area contributed by atoms with Gasteiger partial charge in [-0.2, -0.15) is 0 Å². The third kappa shape index (κ3) is 4.29. The normalized spacial score (nSPS) is 24.0. The van der Waals surface area contributed by atoms with E-state index in [4.69, 9.17) is 9.47 Å². The zero-order chi connectivity index (χ0) is 19.7. The number of halogens is 1. The van der Waals surface area contributed by atoms with Gasteiger partial charge in [-0.05, 0) is 61.9 Å². The Bertz CT molecular complexity index is 855. The lowest BCUT2D eigenvalue weighted by molar-refractivity contribution is 0.0701. The van der Waals surface area contributed by atoms with Crippen LogP contribution in [0, 0.1) is 11.8 Å². The van der Waals surface area contributed by atoms with Crippen molar-refractivity contribution in [2.45, 2.75) is 38.8 Å². The maximum absolute atomic E-state index is 13.1. The van der Waals surface area contributed by atoms with Gasteiger partial charge in [0.1, 0.15) is 0 Å². The van der Waals surface area contributed by atoms with Gasteiger partial charge in [0.15, 0.2) is 17.3 Å². The summed E-state index contributed by atoms with van der Waals surface area (Å²) in [6.07, 6.45) is 2.98. The zero-order valence-corrected chi connectivity index (χ0v) is 18.2. The Morgan fingerprint density at radius 2 is 1.76 bits per heavy atom. The van der Waals surface area contributed by atoms with Crippen molar-refractivity contribution in [3.63, 3.8) is 0 Å². The Labute approximate surface area is 179 Å². The van der Waals surface area contributed by atoms with Crippen LogP contribution in [0.15, 0.2) is 42.5 Å². The van der Waals surface area contributed by atoms with E-state index in [0.717, 1.165) is 43.5 Å². The molecule has 3 atom stereocenters. The van der Waals surface area contributed by atoms with Gasteiger partial charge in [-0.1, -0.05) is 30.3 Å². The molecule has 2 aromatic carbocycles. The van der Waals surface area contributed by atoms with E-state index in [1.807, 2.05) is 12.1 Å². The minimum Gasteiger partial charge on any atom is -0.493 e. The third-order valence-corrected chi connectivity index (χ3v) is 6.50. The fourth-order valence-corrected chi connectivity index (χ4v) is 4.90. The monoisotopic (exact) mass is 415 g/mol. The predicted octanol–water partition coefficient (Wildman–Crippen LogP) is 4.78. The highest BCUT2D eigenvalue weighted by atomic mass is 35.5. The summed E-state index contributed by atoms with van der Waals surface area (Å²) in [7, 11) is 3.26. The van der Waals surface area contributed by atoms with Crippen molar-refractivity contribution >= 4 is 18.2 Å². The standard InChI is InChI=1S/C24H29NO3.ClH/c1-16-11-18(9-10-25(16)15-17-7-5-4-6-8-17)20-12-19-13-22(27-2)23(28-3)14-21(19)24(20)26;/h4-8,13-14,16,18,20H,9-12,15H2,1-3H3;1H. The molecule has 1 saturated heterocycles. The number of hydrogen-bond donors (Lipinski definition) is 0. The number of ketones is 1. The molecule has 0 N–H and O–H groups in total. The van der Waals surface area contributed by atoms with Crippen LogP contribution in [0.5, 0.6) is 11.5 Å². The molecule has 1 heterocycles. The van der Waals surface area contributed by atoms with E-state index in [-0.39, 0.29) is 24.1 Å². The van der Waals surface area contributed by atoms with Crippen LogP contribution in [-0.2, 0) is 13.0 Å². The van der Waals surface area contributed by atoms with Gasteiger partial charge in [0.2, 0.25) is 0 Å². The summed E-state index contributed by atoms with van der Waals surface area (Å²) in [4.78, 5) is 15.7. The zero-order valence-electron chi connectivity index (χ0n) is 17.4. The molecule has 2 aliphatic rings. The first kappa shape index (κ1) is 21.7. The van der Waals surface area contributed by atoms with E-state index in [1.54, 1.807) is 14.2 Å². The molecule has 2 aromatic rings. The molecule has 0 spiro atoms. The van der Waals surface area contributed by atoms with Crippen LogP contribution >= 0.6 is 12.4 Å². The molecule has 156 valence electrons. The number of ether oxygens (including phenoxy) is 2. The molecule has 4 rings (SSSR count). The Morgan fingerprint density at radius 1 is 1.07 bits per heavy atom. The number of carbonyl (C=O) groups is 1. The Hall–Kier alpha value is -2.04. The molecule has 4 nitrogen and oxygen atoms in total. The maximum atomic E-state index is 13.1.